The van der Waals surface area contributed by atoms with Crippen LogP contribution in [0.1, 0.15) is 27.2 Å². The molecule has 0 saturated carbocycles. The van der Waals surface area contributed by atoms with Crippen LogP contribution in [0.3, 0.4) is 0 Å². The first-order chi connectivity index (χ1) is 10.4. The fraction of sp³-hybridized carbons (Fsp3) is 0.375. The number of carbonyl (C=O) groups excluding carboxylic acids is 1. The predicted octanol–water partition coefficient (Wildman–Crippen LogP) is 2.81. The van der Waals surface area contributed by atoms with Gasteiger partial charge < -0.3 is 10.1 Å². The van der Waals surface area contributed by atoms with E-state index in [-0.39, 0.29) is 5.91 Å². The highest BCUT2D eigenvalue weighted by atomic mass is 35.5. The lowest BCUT2D eigenvalue weighted by molar-refractivity contribution is 0.0946. The van der Waals surface area contributed by atoms with Gasteiger partial charge in [0.25, 0.3) is 5.91 Å². The normalized spacial score (nSPS) is 10.6. The molecule has 1 heterocycles. The lowest BCUT2D eigenvalue weighted by atomic mass is 10.1. The Kier molecular flexibility index (Phi) is 5.08. The Balaban J connectivity index is 1.87. The van der Waals surface area contributed by atoms with Gasteiger partial charge in [-0.1, -0.05) is 29.3 Å². The third-order valence-electron chi connectivity index (χ3n) is 3.35. The van der Waals surface area contributed by atoms with Crippen LogP contribution in [0.15, 0.2) is 18.2 Å². The number of ether oxygens (including phenoxy) is 1. The van der Waals surface area contributed by atoms with Crippen LogP contribution in [-0.4, -0.2) is 28.8 Å². The smallest absolute Gasteiger partial charge is 0.256 e. The molecule has 0 aliphatic rings. The molecule has 0 radical (unpaired) electrons. The first kappa shape index (κ1) is 16.4. The molecule has 0 fully saturated rings. The number of aryl methyl sites for hydroxylation is 4. The van der Waals surface area contributed by atoms with E-state index in [1.165, 1.54) is 10.2 Å². The Morgan fingerprint density at radius 2 is 2.09 bits per heavy atom. The molecule has 0 saturated heterocycles. The Bertz CT molecular complexity index is 695. The van der Waals surface area contributed by atoms with Gasteiger partial charge in [-0.15, -0.1) is 0 Å². The zero-order valence-electron chi connectivity index (χ0n) is 13.2. The minimum atomic E-state index is -0.236. The quantitative estimate of drug-likeness (QED) is 0.862. The minimum Gasteiger partial charge on any atom is -0.491 e. The van der Waals surface area contributed by atoms with E-state index in [1.54, 1.807) is 14.0 Å². The number of nitrogens with one attached hydrogen (secondary N) is 1. The molecule has 1 aromatic heterocycles. The first-order valence-corrected chi connectivity index (χ1v) is 7.45. The van der Waals surface area contributed by atoms with Crippen LogP contribution >= 0.6 is 11.6 Å². The second-order valence-corrected chi connectivity index (χ2v) is 5.61. The molecule has 0 atom stereocenters. The van der Waals surface area contributed by atoms with Crippen molar-refractivity contribution in [3.8, 4) is 5.75 Å². The highest BCUT2D eigenvalue weighted by Gasteiger charge is 2.18. The maximum absolute atomic E-state index is 12.1. The van der Waals surface area contributed by atoms with Gasteiger partial charge in [-0.3, -0.25) is 9.48 Å². The van der Waals surface area contributed by atoms with Gasteiger partial charge in [-0.2, -0.15) is 5.10 Å². The highest BCUT2D eigenvalue weighted by molar-refractivity contribution is 6.33. The predicted molar refractivity (Wildman–Crippen MR) is 86.7 cm³/mol. The van der Waals surface area contributed by atoms with Crippen molar-refractivity contribution in [2.75, 3.05) is 13.2 Å². The summed E-state index contributed by atoms with van der Waals surface area (Å²) in [6, 6.07) is 6.00. The molecule has 5 nitrogen and oxygen atoms in total. The number of hydrogen-bond acceptors (Lipinski definition) is 3. The summed E-state index contributed by atoms with van der Waals surface area (Å²) in [5.74, 6) is 0.593. The average Bonchev–Trinajstić information content (AvgIpc) is 2.70. The molecule has 2 aromatic rings. The maximum Gasteiger partial charge on any atom is 0.256 e. The van der Waals surface area contributed by atoms with Gasteiger partial charge in [0.1, 0.15) is 17.5 Å². The van der Waals surface area contributed by atoms with E-state index in [0.717, 1.165) is 11.3 Å². The van der Waals surface area contributed by atoms with Crippen molar-refractivity contribution in [1.29, 1.82) is 0 Å². The standard InChI is InChI=1S/C16H20ClN3O2/c1-10-5-6-13(11(2)9-10)22-8-7-18-16(21)14-12(3)19-20(4)15(14)17/h5-6,9H,7-8H2,1-4H3,(H,18,21). The van der Waals surface area contributed by atoms with E-state index >= 15 is 0 Å². The van der Waals surface area contributed by atoms with Gasteiger partial charge in [0.2, 0.25) is 0 Å². The van der Waals surface area contributed by atoms with Gasteiger partial charge in [0.05, 0.1) is 17.8 Å². The SMILES string of the molecule is Cc1ccc(OCCNC(=O)c2c(C)nn(C)c2Cl)c(C)c1. The third kappa shape index (κ3) is 3.60. The van der Waals surface area contributed by atoms with Crippen molar-refractivity contribution in [3.63, 3.8) is 0 Å². The number of amides is 1. The second kappa shape index (κ2) is 6.83. The largest absolute Gasteiger partial charge is 0.491 e. The number of halogens is 1. The molecule has 0 aliphatic carbocycles. The molecule has 1 N–H and O–H groups in total. The van der Waals surface area contributed by atoms with Crippen molar-refractivity contribution < 1.29 is 9.53 Å². The van der Waals surface area contributed by atoms with Crippen molar-refractivity contribution in [1.82, 2.24) is 15.1 Å². The number of benzene rings is 1. The lowest BCUT2D eigenvalue weighted by Crippen LogP contribution is -2.28. The van der Waals surface area contributed by atoms with E-state index < -0.39 is 0 Å². The van der Waals surface area contributed by atoms with Crippen molar-refractivity contribution in [2.45, 2.75) is 20.8 Å². The fourth-order valence-corrected chi connectivity index (χ4v) is 2.52. The number of aromatic nitrogens is 2. The number of hydrogen-bond donors (Lipinski definition) is 1. The number of rotatable bonds is 5. The van der Waals surface area contributed by atoms with Gasteiger partial charge in [-0.05, 0) is 32.4 Å². The molecule has 2 rings (SSSR count). The fourth-order valence-electron chi connectivity index (χ4n) is 2.26. The zero-order valence-corrected chi connectivity index (χ0v) is 14.0. The molecule has 22 heavy (non-hydrogen) atoms. The summed E-state index contributed by atoms with van der Waals surface area (Å²) in [7, 11) is 1.70. The zero-order chi connectivity index (χ0) is 16.3. The Morgan fingerprint density at radius 3 is 2.68 bits per heavy atom. The molecule has 1 amide bonds. The van der Waals surface area contributed by atoms with E-state index in [2.05, 4.69) is 16.5 Å². The topological polar surface area (TPSA) is 56.1 Å². The number of carbonyl (C=O) groups is 1. The summed E-state index contributed by atoms with van der Waals surface area (Å²) >= 11 is 6.06. The first-order valence-electron chi connectivity index (χ1n) is 7.07. The summed E-state index contributed by atoms with van der Waals surface area (Å²) in [5.41, 5.74) is 3.30. The third-order valence-corrected chi connectivity index (χ3v) is 3.79. The molecule has 0 bridgehead atoms. The van der Waals surface area contributed by atoms with Crippen molar-refractivity contribution >= 4 is 17.5 Å². The molecule has 1 aromatic carbocycles. The molecular formula is C16H20ClN3O2. The molecule has 0 aliphatic heterocycles. The second-order valence-electron chi connectivity index (χ2n) is 5.25. The van der Waals surface area contributed by atoms with Crippen molar-refractivity contribution in [3.05, 3.63) is 45.7 Å². The molecule has 6 heteroatoms. The van der Waals surface area contributed by atoms with E-state index in [4.69, 9.17) is 16.3 Å². The maximum atomic E-state index is 12.1. The van der Waals surface area contributed by atoms with Gasteiger partial charge >= 0.3 is 0 Å². The van der Waals surface area contributed by atoms with Crippen LogP contribution in [0.5, 0.6) is 5.75 Å². The monoisotopic (exact) mass is 321 g/mol. The summed E-state index contributed by atoms with van der Waals surface area (Å²) < 4.78 is 7.16. The van der Waals surface area contributed by atoms with E-state index in [9.17, 15) is 4.79 Å². The molecule has 0 spiro atoms. The molecule has 118 valence electrons. The molecule has 0 unspecified atom stereocenters. The Hall–Kier alpha value is -2.01. The minimum absolute atomic E-state index is 0.236. The van der Waals surface area contributed by atoms with Crippen LogP contribution in [-0.2, 0) is 7.05 Å². The summed E-state index contributed by atoms with van der Waals surface area (Å²) in [4.78, 5) is 12.1. The van der Waals surface area contributed by atoms with Gasteiger partial charge in [-0.25, -0.2) is 0 Å². The van der Waals surface area contributed by atoms with E-state index in [1.807, 2.05) is 26.0 Å². The van der Waals surface area contributed by atoms with Crippen LogP contribution in [0, 0.1) is 20.8 Å². The van der Waals surface area contributed by atoms with E-state index in [0.29, 0.717) is 29.6 Å². The van der Waals surface area contributed by atoms with Gasteiger partial charge in [0, 0.05) is 7.05 Å². The highest BCUT2D eigenvalue weighted by Crippen LogP contribution is 2.19. The van der Waals surface area contributed by atoms with Crippen LogP contribution in [0.25, 0.3) is 0 Å². The summed E-state index contributed by atoms with van der Waals surface area (Å²) in [6.07, 6.45) is 0. The molecular weight excluding hydrogens is 302 g/mol. The average molecular weight is 322 g/mol. The van der Waals surface area contributed by atoms with Crippen LogP contribution in [0.4, 0.5) is 0 Å². The number of nitrogens with zero attached hydrogens (tertiary/aromatic N) is 2. The Morgan fingerprint density at radius 1 is 1.36 bits per heavy atom. The van der Waals surface area contributed by atoms with Crippen LogP contribution < -0.4 is 10.1 Å². The van der Waals surface area contributed by atoms with Gasteiger partial charge in [0.15, 0.2) is 0 Å². The Labute approximate surface area is 135 Å². The lowest BCUT2D eigenvalue weighted by Gasteiger charge is -2.10. The summed E-state index contributed by atoms with van der Waals surface area (Å²) in [6.45, 7) is 6.59. The van der Waals surface area contributed by atoms with Crippen molar-refractivity contribution in [2.24, 2.45) is 7.05 Å². The summed E-state index contributed by atoms with van der Waals surface area (Å²) in [5, 5.41) is 7.25. The van der Waals surface area contributed by atoms with Crippen LogP contribution in [0.2, 0.25) is 5.15 Å².